The first kappa shape index (κ1) is 45.9. The molecule has 10 N–H and O–H groups in total. The van der Waals surface area contributed by atoms with Gasteiger partial charge in [0.05, 0.1) is 32.1 Å². The third kappa shape index (κ3) is 13.3. The number of halogens is 1. The highest BCUT2D eigenvalue weighted by Crippen LogP contribution is 2.61. The van der Waals surface area contributed by atoms with Crippen LogP contribution in [-0.4, -0.2) is 129 Å². The summed E-state index contributed by atoms with van der Waals surface area (Å²) in [5.74, 6) is -2.11. The lowest BCUT2D eigenvalue weighted by atomic mass is 9.87. The Labute approximate surface area is 310 Å². The number of thioether (sulfide) groups is 1. The van der Waals surface area contributed by atoms with Crippen molar-refractivity contribution in [2.75, 3.05) is 44.5 Å². The number of hydrogen-bond acceptors (Lipinski definition) is 18. The molecule has 0 aliphatic carbocycles. The molecule has 0 saturated carbocycles. The van der Waals surface area contributed by atoms with Crippen LogP contribution in [0.4, 0.5) is 10.2 Å². The predicted octanol–water partition coefficient (Wildman–Crippen LogP) is -0.730. The Morgan fingerprint density at radius 1 is 1.09 bits per heavy atom. The van der Waals surface area contributed by atoms with Crippen LogP contribution in [0.15, 0.2) is 12.7 Å². The molecule has 2 amide bonds. The fourth-order valence-electron chi connectivity index (χ4n) is 4.49. The second-order valence-electron chi connectivity index (χ2n) is 12.3. The van der Waals surface area contributed by atoms with Gasteiger partial charge >= 0.3 is 23.5 Å². The van der Waals surface area contributed by atoms with Crippen molar-refractivity contribution in [1.82, 2.24) is 30.2 Å². The van der Waals surface area contributed by atoms with Gasteiger partial charge in [-0.25, -0.2) is 28.6 Å². The fraction of sp³-hybridized carbons (Fsp3) is 0.680. The molecule has 3 rings (SSSR count). The highest BCUT2D eigenvalue weighted by atomic mass is 32.2. The molecular formula is C25H41FN7O17P3S. The maximum Gasteiger partial charge on any atom is 0.481 e. The van der Waals surface area contributed by atoms with Gasteiger partial charge in [0, 0.05) is 30.7 Å². The van der Waals surface area contributed by atoms with Crippen molar-refractivity contribution >= 4 is 69.1 Å². The van der Waals surface area contributed by atoms with Gasteiger partial charge in [0.2, 0.25) is 11.8 Å². The summed E-state index contributed by atoms with van der Waals surface area (Å²) in [6.45, 7) is 0.913. The quantitative estimate of drug-likeness (QED) is 0.0552. The third-order valence-corrected chi connectivity index (χ3v) is 11.6. The highest BCUT2D eigenvalue weighted by molar-refractivity contribution is 8.13. The van der Waals surface area contributed by atoms with E-state index in [9.17, 15) is 62.3 Å². The predicted molar refractivity (Wildman–Crippen MR) is 182 cm³/mol. The molecule has 24 nitrogen and oxygen atoms in total. The molecule has 2 aromatic heterocycles. The first-order valence-corrected chi connectivity index (χ1v) is 21.1. The second kappa shape index (κ2) is 19.1. The van der Waals surface area contributed by atoms with Crippen molar-refractivity contribution in [1.29, 1.82) is 0 Å². The zero-order valence-electron chi connectivity index (χ0n) is 28.7. The van der Waals surface area contributed by atoms with Crippen LogP contribution in [0.25, 0.3) is 11.2 Å². The topological polar surface area (TPSA) is 364 Å². The smallest absolute Gasteiger partial charge is 0.386 e. The number of ether oxygens (including phenoxy) is 1. The highest BCUT2D eigenvalue weighted by Gasteiger charge is 2.50. The summed E-state index contributed by atoms with van der Waals surface area (Å²) in [5.41, 5.74) is 4.22. The van der Waals surface area contributed by atoms with Gasteiger partial charge in [0.1, 0.15) is 36.3 Å². The van der Waals surface area contributed by atoms with E-state index >= 15 is 0 Å². The number of nitrogens with zero attached hydrogens (tertiary/aromatic N) is 4. The van der Waals surface area contributed by atoms with Gasteiger partial charge in [-0.05, 0) is 0 Å². The number of fused-ring (bicyclic) bond motifs is 1. The maximum absolute atomic E-state index is 12.6. The van der Waals surface area contributed by atoms with Crippen molar-refractivity contribution in [2.45, 2.75) is 57.8 Å². The van der Waals surface area contributed by atoms with E-state index in [2.05, 4.69) is 34.4 Å². The molecule has 0 radical (unpaired) electrons. The molecule has 2 aromatic rings. The van der Waals surface area contributed by atoms with Crippen LogP contribution in [0.2, 0.25) is 0 Å². The minimum Gasteiger partial charge on any atom is -0.386 e. The monoisotopic (exact) mass is 854 g/mol. The van der Waals surface area contributed by atoms with E-state index in [4.69, 9.17) is 19.5 Å². The fourth-order valence-corrected chi connectivity index (χ4v) is 8.07. The summed E-state index contributed by atoms with van der Waals surface area (Å²) in [5, 5.41) is 25.8. The molecule has 1 fully saturated rings. The Morgan fingerprint density at radius 3 is 2.41 bits per heavy atom. The standard InChI is InChI=1S/C25H41FN7O17P3S/c1-13(8-26)24(38)54-7-6-28-15(34)4-5-29-22(37)19(36)25(2,3)10-47-53(44,45)50-52(42,43)46-9-14-18(49-51(39,40)41)17(35)23(48-14)33-12-32-16-20(27)30-11-31-21(16)33/h11-14,17-19,23,35-36H,4-10H2,1-3H3,(H,28,34)(H,29,37)(H,42,43)(H,44,45)(H2,27,30,31)(H2,39,40,41)/i26-1. The zero-order valence-corrected chi connectivity index (χ0v) is 32.2. The molecule has 1 aliphatic rings. The van der Waals surface area contributed by atoms with Gasteiger partial charge in [-0.3, -0.25) is 36.9 Å². The Morgan fingerprint density at radius 2 is 1.76 bits per heavy atom. The van der Waals surface area contributed by atoms with Crippen molar-refractivity contribution in [2.24, 2.45) is 11.3 Å². The van der Waals surface area contributed by atoms with Crippen molar-refractivity contribution < 1.29 is 84.9 Å². The summed E-state index contributed by atoms with van der Waals surface area (Å²) in [6.07, 6.45) is -7.03. The average Bonchev–Trinajstić information content (AvgIpc) is 3.64. The van der Waals surface area contributed by atoms with E-state index in [0.717, 1.165) is 29.0 Å². The van der Waals surface area contributed by atoms with E-state index in [0.29, 0.717) is 0 Å². The average molecular weight is 855 g/mol. The number of imidazole rings is 1. The third-order valence-electron chi connectivity index (χ3n) is 7.38. The number of nitrogens with one attached hydrogen (secondary N) is 2. The van der Waals surface area contributed by atoms with Crippen LogP contribution in [0.5, 0.6) is 0 Å². The molecular weight excluding hydrogens is 813 g/mol. The van der Waals surface area contributed by atoms with Gasteiger partial charge in [-0.1, -0.05) is 32.5 Å². The van der Waals surface area contributed by atoms with Gasteiger partial charge in [0.15, 0.2) is 22.8 Å². The number of alkyl halides is 1. The molecule has 1 saturated heterocycles. The molecule has 8 unspecified atom stereocenters. The lowest BCUT2D eigenvalue weighted by Crippen LogP contribution is -2.46. The van der Waals surface area contributed by atoms with Gasteiger partial charge in [0.25, 0.3) is 0 Å². The molecule has 306 valence electrons. The van der Waals surface area contributed by atoms with E-state index in [1.807, 2.05) is 0 Å². The van der Waals surface area contributed by atoms with Gasteiger partial charge in [-0.15, -0.1) is 0 Å². The van der Waals surface area contributed by atoms with E-state index in [-0.39, 0.29) is 47.4 Å². The first-order chi connectivity index (χ1) is 25.0. The molecule has 0 spiro atoms. The number of carbonyl (C=O) groups is 3. The molecule has 1 aliphatic heterocycles. The molecule has 29 heteroatoms. The molecule has 54 heavy (non-hydrogen) atoms. The lowest BCUT2D eigenvalue weighted by molar-refractivity contribution is -0.137. The van der Waals surface area contributed by atoms with Gasteiger partial charge < -0.3 is 50.9 Å². The number of amides is 2. The molecule has 0 bridgehead atoms. The van der Waals surface area contributed by atoms with Crippen LogP contribution in [-0.2, 0) is 50.7 Å². The number of aliphatic hydroxyl groups is 2. The van der Waals surface area contributed by atoms with Crippen molar-refractivity contribution in [3.63, 3.8) is 0 Å². The zero-order chi connectivity index (χ0) is 40.6. The lowest BCUT2D eigenvalue weighted by Gasteiger charge is -2.30. The Kier molecular flexibility index (Phi) is 16.2. The van der Waals surface area contributed by atoms with E-state index in [1.165, 1.54) is 20.8 Å². The van der Waals surface area contributed by atoms with Crippen LogP contribution in [0, 0.1) is 11.3 Å². The second-order valence-corrected chi connectivity index (χ2v) is 17.6. The number of phosphoric acid groups is 3. The van der Waals surface area contributed by atoms with Crippen molar-refractivity contribution in [3.05, 3.63) is 12.7 Å². The SMILES string of the molecule is CC(C[18F])C(=O)SCCNC(=O)CCNC(=O)C(O)C(C)(C)COP(=O)(O)OP(=O)(O)OCC1OC(n2cnc3c(N)ncnc32)C(O)C1OP(=O)(O)O. The van der Waals surface area contributed by atoms with E-state index < -0.39 is 97.1 Å². The van der Waals surface area contributed by atoms with Gasteiger partial charge in [-0.2, -0.15) is 4.31 Å². The number of hydrogen-bond donors (Lipinski definition) is 9. The molecule has 3 heterocycles. The number of aromatic nitrogens is 4. The summed E-state index contributed by atoms with van der Waals surface area (Å²) >= 11 is 0.863. The van der Waals surface area contributed by atoms with Crippen LogP contribution >= 0.6 is 35.2 Å². The maximum atomic E-state index is 12.6. The Hall–Kier alpha value is -2.51. The number of anilines is 1. The largest absolute Gasteiger partial charge is 0.481 e. The minimum absolute atomic E-state index is 0.0231. The Bertz CT molecular complexity index is 1790. The molecule has 8 atom stereocenters. The van der Waals surface area contributed by atoms with E-state index in [1.54, 1.807) is 0 Å². The van der Waals surface area contributed by atoms with Crippen LogP contribution < -0.4 is 16.4 Å². The number of carbonyl (C=O) groups excluding carboxylic acids is 3. The summed E-state index contributed by atoms with van der Waals surface area (Å²) in [6, 6.07) is 0. The molecule has 0 aromatic carbocycles. The summed E-state index contributed by atoms with van der Waals surface area (Å²) in [7, 11) is -16.4. The van der Waals surface area contributed by atoms with Crippen LogP contribution in [0.3, 0.4) is 0 Å². The summed E-state index contributed by atoms with van der Waals surface area (Å²) < 4.78 is 74.4. The van der Waals surface area contributed by atoms with Crippen molar-refractivity contribution in [3.8, 4) is 0 Å². The Balaban J connectivity index is 1.51. The number of nitrogens with two attached hydrogens (primary N) is 1. The first-order valence-electron chi connectivity index (χ1n) is 15.6. The number of aliphatic hydroxyl groups excluding tert-OH is 2. The summed E-state index contributed by atoms with van der Waals surface area (Å²) in [4.78, 5) is 86.9. The number of nitrogen functional groups attached to an aromatic ring is 1. The van der Waals surface area contributed by atoms with Crippen LogP contribution in [0.1, 0.15) is 33.4 Å². The number of phosphoric ester groups is 3. The normalized spacial score (nSPS) is 22.6. The number of rotatable bonds is 21. The minimum atomic E-state index is -5.58.